The number of piperidine rings is 2. The molecule has 136 valence electrons. The summed E-state index contributed by atoms with van der Waals surface area (Å²) in [6.07, 6.45) is 5.06. The van der Waals surface area contributed by atoms with E-state index in [1.807, 2.05) is 0 Å². The van der Waals surface area contributed by atoms with E-state index in [1.165, 1.54) is 51.9 Å². The largest absolute Gasteiger partial charge is 0.379 e. The molecular weight excluding hydrogens is 292 g/mol. The number of hydrogen-bond acceptors (Lipinski definition) is 5. The predicted octanol–water partition coefficient (Wildman–Crippen LogP) is 1.72. The molecule has 0 radical (unpaired) electrons. The van der Waals surface area contributed by atoms with Gasteiger partial charge in [0.05, 0.1) is 26.4 Å². The summed E-state index contributed by atoms with van der Waals surface area (Å²) in [6, 6.07) is 0. The molecule has 2 aliphatic heterocycles. The highest BCUT2D eigenvalue weighted by molar-refractivity contribution is 4.70. The third kappa shape index (κ3) is 8.45. The monoisotopic (exact) mass is 328 g/mol. The van der Waals surface area contributed by atoms with Crippen LogP contribution >= 0.6 is 0 Å². The van der Waals surface area contributed by atoms with Crippen molar-refractivity contribution in [2.45, 2.75) is 25.7 Å². The van der Waals surface area contributed by atoms with Crippen LogP contribution in [-0.2, 0) is 14.2 Å². The first-order chi connectivity index (χ1) is 11.2. The van der Waals surface area contributed by atoms with Gasteiger partial charge in [-0.1, -0.05) is 0 Å². The smallest absolute Gasteiger partial charge is 0.0701 e. The van der Waals surface area contributed by atoms with Crippen LogP contribution in [0.15, 0.2) is 0 Å². The molecule has 0 N–H and O–H groups in total. The molecule has 2 rings (SSSR count). The maximum absolute atomic E-state index is 5.73. The Morgan fingerprint density at radius 2 is 0.957 bits per heavy atom. The first kappa shape index (κ1) is 19.1. The van der Waals surface area contributed by atoms with Gasteiger partial charge in [0.2, 0.25) is 0 Å². The van der Waals surface area contributed by atoms with Crippen LogP contribution in [0.2, 0.25) is 0 Å². The van der Waals surface area contributed by atoms with E-state index in [4.69, 9.17) is 14.2 Å². The van der Waals surface area contributed by atoms with E-state index in [0.29, 0.717) is 26.4 Å². The van der Waals surface area contributed by atoms with Gasteiger partial charge in [0.15, 0.2) is 0 Å². The maximum Gasteiger partial charge on any atom is 0.0701 e. The lowest BCUT2D eigenvalue weighted by Crippen LogP contribution is -2.32. The van der Waals surface area contributed by atoms with E-state index in [2.05, 4.69) is 23.9 Å². The van der Waals surface area contributed by atoms with Gasteiger partial charge in [-0.05, 0) is 77.8 Å². The Balaban J connectivity index is 1.32. The van der Waals surface area contributed by atoms with Crippen molar-refractivity contribution in [1.82, 2.24) is 9.80 Å². The molecule has 5 nitrogen and oxygen atoms in total. The zero-order valence-corrected chi connectivity index (χ0v) is 15.2. The lowest BCUT2D eigenvalue weighted by Gasteiger charge is -2.28. The Kier molecular flexibility index (Phi) is 9.46. The average Bonchev–Trinajstić information content (AvgIpc) is 2.56. The minimum absolute atomic E-state index is 0.685. The van der Waals surface area contributed by atoms with Gasteiger partial charge in [-0.2, -0.15) is 0 Å². The molecule has 2 saturated heterocycles. The Labute approximate surface area is 142 Å². The molecule has 0 aromatic carbocycles. The highest BCUT2D eigenvalue weighted by atomic mass is 16.5. The molecule has 0 aromatic heterocycles. The second kappa shape index (κ2) is 11.4. The van der Waals surface area contributed by atoms with Crippen molar-refractivity contribution in [1.29, 1.82) is 0 Å². The van der Waals surface area contributed by atoms with Crippen LogP contribution in [0.3, 0.4) is 0 Å². The number of rotatable bonds is 10. The van der Waals surface area contributed by atoms with Gasteiger partial charge in [0, 0.05) is 13.2 Å². The van der Waals surface area contributed by atoms with Gasteiger partial charge in [0.1, 0.15) is 0 Å². The highest BCUT2D eigenvalue weighted by Crippen LogP contribution is 2.16. The van der Waals surface area contributed by atoms with Crippen molar-refractivity contribution in [3.63, 3.8) is 0 Å². The minimum Gasteiger partial charge on any atom is -0.379 e. The average molecular weight is 328 g/mol. The van der Waals surface area contributed by atoms with E-state index < -0.39 is 0 Å². The van der Waals surface area contributed by atoms with Crippen LogP contribution in [0.5, 0.6) is 0 Å². The zero-order valence-electron chi connectivity index (χ0n) is 15.2. The van der Waals surface area contributed by atoms with Crippen molar-refractivity contribution >= 4 is 0 Å². The van der Waals surface area contributed by atoms with Gasteiger partial charge in [0.25, 0.3) is 0 Å². The molecule has 23 heavy (non-hydrogen) atoms. The second-order valence-electron chi connectivity index (χ2n) is 7.26. The van der Waals surface area contributed by atoms with E-state index in [0.717, 1.165) is 25.0 Å². The lowest BCUT2D eigenvalue weighted by molar-refractivity contribution is -0.00626. The molecule has 0 amide bonds. The summed E-state index contributed by atoms with van der Waals surface area (Å²) in [7, 11) is 4.39. The van der Waals surface area contributed by atoms with Crippen molar-refractivity contribution in [2.75, 3.05) is 79.9 Å². The molecule has 0 spiro atoms. The fourth-order valence-electron chi connectivity index (χ4n) is 3.30. The zero-order chi connectivity index (χ0) is 16.3. The van der Waals surface area contributed by atoms with Crippen LogP contribution in [0.25, 0.3) is 0 Å². The summed E-state index contributed by atoms with van der Waals surface area (Å²) >= 11 is 0. The van der Waals surface area contributed by atoms with Gasteiger partial charge < -0.3 is 24.0 Å². The summed E-state index contributed by atoms with van der Waals surface area (Å²) in [5.41, 5.74) is 0. The normalized spacial score (nSPS) is 22.7. The Morgan fingerprint density at radius 1 is 0.609 bits per heavy atom. The van der Waals surface area contributed by atoms with Gasteiger partial charge in [-0.15, -0.1) is 0 Å². The summed E-state index contributed by atoms with van der Waals surface area (Å²) in [5, 5.41) is 0. The molecular formula is C18H36N2O3. The fourth-order valence-corrected chi connectivity index (χ4v) is 3.30. The van der Waals surface area contributed by atoms with E-state index in [-0.39, 0.29) is 0 Å². The molecule has 0 atom stereocenters. The molecule has 0 bridgehead atoms. The third-order valence-electron chi connectivity index (χ3n) is 5.13. The van der Waals surface area contributed by atoms with Crippen molar-refractivity contribution in [3.8, 4) is 0 Å². The van der Waals surface area contributed by atoms with Crippen LogP contribution in [0.1, 0.15) is 25.7 Å². The molecule has 0 saturated carbocycles. The van der Waals surface area contributed by atoms with Crippen LogP contribution in [0, 0.1) is 11.8 Å². The first-order valence-corrected chi connectivity index (χ1v) is 9.34. The third-order valence-corrected chi connectivity index (χ3v) is 5.13. The van der Waals surface area contributed by atoms with Crippen LogP contribution < -0.4 is 0 Å². The van der Waals surface area contributed by atoms with Crippen molar-refractivity contribution in [3.05, 3.63) is 0 Å². The highest BCUT2D eigenvalue weighted by Gasteiger charge is 2.17. The standard InChI is InChI=1S/C18H36N2O3/c1-19-7-3-17(4-8-19)15-22-13-11-21-12-14-23-16-18-5-9-20(2)10-6-18/h17-18H,3-16H2,1-2H3. The summed E-state index contributed by atoms with van der Waals surface area (Å²) < 4.78 is 17.0. The quantitative estimate of drug-likeness (QED) is 0.571. The lowest BCUT2D eigenvalue weighted by atomic mass is 9.98. The van der Waals surface area contributed by atoms with Gasteiger partial charge in [-0.3, -0.25) is 0 Å². The SMILES string of the molecule is CN1CCC(COCCOCCOCC2CCN(C)CC2)CC1. The fraction of sp³-hybridized carbons (Fsp3) is 1.00. The molecule has 0 aliphatic carbocycles. The number of hydrogen-bond donors (Lipinski definition) is 0. The summed E-state index contributed by atoms with van der Waals surface area (Å²) in [4.78, 5) is 4.79. The second-order valence-corrected chi connectivity index (χ2v) is 7.26. The van der Waals surface area contributed by atoms with E-state index in [9.17, 15) is 0 Å². The van der Waals surface area contributed by atoms with Crippen LogP contribution in [0.4, 0.5) is 0 Å². The topological polar surface area (TPSA) is 34.2 Å². The molecule has 0 aromatic rings. The Morgan fingerprint density at radius 3 is 1.35 bits per heavy atom. The predicted molar refractivity (Wildman–Crippen MR) is 92.9 cm³/mol. The van der Waals surface area contributed by atoms with Crippen molar-refractivity contribution in [2.24, 2.45) is 11.8 Å². The maximum atomic E-state index is 5.73. The van der Waals surface area contributed by atoms with Gasteiger partial charge >= 0.3 is 0 Å². The van der Waals surface area contributed by atoms with Gasteiger partial charge in [-0.25, -0.2) is 0 Å². The number of likely N-dealkylation sites (tertiary alicyclic amines) is 2. The van der Waals surface area contributed by atoms with Crippen LogP contribution in [-0.4, -0.2) is 89.7 Å². The Hall–Kier alpha value is -0.200. The molecule has 5 heteroatoms. The minimum atomic E-state index is 0.685. The summed E-state index contributed by atoms with van der Waals surface area (Å²) in [5.74, 6) is 1.48. The summed E-state index contributed by atoms with van der Waals surface area (Å²) in [6.45, 7) is 9.40. The number of nitrogens with zero attached hydrogens (tertiary/aromatic N) is 2. The van der Waals surface area contributed by atoms with E-state index in [1.54, 1.807) is 0 Å². The number of ether oxygens (including phenoxy) is 3. The molecule has 0 unspecified atom stereocenters. The molecule has 2 aliphatic rings. The van der Waals surface area contributed by atoms with E-state index >= 15 is 0 Å². The van der Waals surface area contributed by atoms with Crippen molar-refractivity contribution < 1.29 is 14.2 Å². The first-order valence-electron chi connectivity index (χ1n) is 9.34. The Bertz CT molecular complexity index is 260. The molecule has 2 heterocycles. The molecule has 2 fully saturated rings.